The van der Waals surface area contributed by atoms with Crippen molar-refractivity contribution in [3.8, 4) is 0 Å². The topological polar surface area (TPSA) is 24.7 Å². The summed E-state index contributed by atoms with van der Waals surface area (Å²) < 4.78 is 0. The lowest BCUT2D eigenvalue weighted by molar-refractivity contribution is 0.284. The second-order valence-electron chi connectivity index (χ2n) is 10.9. The summed E-state index contributed by atoms with van der Waals surface area (Å²) in [5.74, 6) is 1.15. The van der Waals surface area contributed by atoms with E-state index in [9.17, 15) is 0 Å². The van der Waals surface area contributed by atoms with Crippen LogP contribution in [0.1, 0.15) is 141 Å². The molecule has 0 radical (unpaired) electrons. The summed E-state index contributed by atoms with van der Waals surface area (Å²) in [6.45, 7) is 4.60. The maximum atomic E-state index is 4.71. The fourth-order valence-electron chi connectivity index (χ4n) is 5.60. The van der Waals surface area contributed by atoms with Gasteiger partial charge in [-0.3, -0.25) is 0 Å². The second kappa shape index (κ2) is 20.6. The third kappa shape index (κ3) is 13.9. The Bertz CT molecular complexity index is 638. The Hall–Kier alpha value is -1.57. The first kappa shape index (κ1) is 29.7. The highest BCUT2D eigenvalue weighted by Crippen LogP contribution is 2.37. The summed E-state index contributed by atoms with van der Waals surface area (Å²) in [5.41, 5.74) is 1.47. The van der Waals surface area contributed by atoms with Crippen LogP contribution >= 0.6 is 0 Å². The predicted octanol–water partition coefficient (Wildman–Crippen LogP) is 10.6. The van der Waals surface area contributed by atoms with Crippen LogP contribution < -0.4 is 0 Å². The van der Waals surface area contributed by atoms with E-state index in [1.807, 2.05) is 12.4 Å². The number of nitrogens with zero attached hydrogens (tertiary/aromatic N) is 2. The van der Waals surface area contributed by atoms with Crippen molar-refractivity contribution in [3.05, 3.63) is 42.1 Å². The molecule has 1 aromatic rings. The molecule has 2 atom stereocenters. The van der Waals surface area contributed by atoms with Gasteiger partial charge in [-0.25, -0.2) is 0 Å². The lowest BCUT2D eigenvalue weighted by Crippen LogP contribution is -2.22. The van der Waals surface area contributed by atoms with E-state index in [4.69, 9.17) is 9.98 Å². The molecule has 2 heteroatoms. The fraction of sp³-hybridized carbons (Fsp3) is 0.727. The first-order chi connectivity index (χ1) is 17.3. The van der Waals surface area contributed by atoms with E-state index in [0.717, 1.165) is 12.6 Å². The van der Waals surface area contributed by atoms with E-state index >= 15 is 0 Å². The molecule has 0 aromatic heterocycles. The molecule has 0 spiro atoms. The highest BCUT2D eigenvalue weighted by atomic mass is 15.0. The molecular weight excluding hydrogens is 424 g/mol. The van der Waals surface area contributed by atoms with E-state index in [1.165, 1.54) is 128 Å². The predicted molar refractivity (Wildman–Crippen MR) is 156 cm³/mol. The Morgan fingerprint density at radius 2 is 1.03 bits per heavy atom. The van der Waals surface area contributed by atoms with Gasteiger partial charge in [0, 0.05) is 0 Å². The van der Waals surface area contributed by atoms with E-state index in [-0.39, 0.29) is 0 Å². The van der Waals surface area contributed by atoms with Gasteiger partial charge < -0.3 is 0 Å². The molecule has 0 amide bonds. The van der Waals surface area contributed by atoms with Crippen molar-refractivity contribution in [2.75, 3.05) is 0 Å². The number of rotatable bonds is 23. The van der Waals surface area contributed by atoms with Gasteiger partial charge >= 0.3 is 0 Å². The van der Waals surface area contributed by atoms with Crippen molar-refractivity contribution >= 4 is 12.4 Å². The summed E-state index contributed by atoms with van der Waals surface area (Å²) in [6, 6.07) is 11.1. The minimum atomic E-state index is 0.499. The van der Waals surface area contributed by atoms with Gasteiger partial charge in [0.25, 0.3) is 0 Å². The summed E-state index contributed by atoms with van der Waals surface area (Å²) >= 11 is 0. The largest absolute Gasteiger partial charge is 0.244 e. The Balaban J connectivity index is 1.82. The molecule has 0 bridgehead atoms. The molecular formula is C33H55N2+. The quantitative estimate of drug-likeness (QED) is 0.110. The highest BCUT2D eigenvalue weighted by Gasteiger charge is 2.35. The van der Waals surface area contributed by atoms with Crippen LogP contribution in [0.3, 0.4) is 0 Å². The molecule has 0 fully saturated rings. The summed E-state index contributed by atoms with van der Waals surface area (Å²) in [5, 5.41) is 0. The number of unbranched alkanes of at least 4 members (excludes halogenated alkanes) is 15. The third-order valence-electron chi connectivity index (χ3n) is 7.77. The molecule has 0 N–H and O–H groups in total. The van der Waals surface area contributed by atoms with E-state index < -0.39 is 0 Å². The Labute approximate surface area is 218 Å². The zero-order chi connectivity index (χ0) is 24.8. The SMILES string of the molecule is CCCCCCCCCCCCC([C+]1N=CC=N1)C(CCCCCCCCC)Cc1ccccc1. The maximum Gasteiger partial charge on any atom is 0.244 e. The molecule has 1 heterocycles. The fourth-order valence-corrected chi connectivity index (χ4v) is 5.60. The lowest BCUT2D eigenvalue weighted by atomic mass is 9.78. The summed E-state index contributed by atoms with van der Waals surface area (Å²) in [7, 11) is 0. The molecule has 0 aliphatic carbocycles. The number of aliphatic imine (C=N–C) groups is 2. The van der Waals surface area contributed by atoms with E-state index in [0.29, 0.717) is 11.8 Å². The van der Waals surface area contributed by atoms with Gasteiger partial charge in [-0.2, -0.15) is 0 Å². The van der Waals surface area contributed by atoms with Gasteiger partial charge in [0.05, 0.1) is 5.92 Å². The van der Waals surface area contributed by atoms with Gasteiger partial charge in [0.2, 0.25) is 6.17 Å². The van der Waals surface area contributed by atoms with E-state index in [1.54, 1.807) is 0 Å². The minimum absolute atomic E-state index is 0.499. The van der Waals surface area contributed by atoms with Crippen LogP contribution in [0.4, 0.5) is 0 Å². The monoisotopic (exact) mass is 479 g/mol. The van der Waals surface area contributed by atoms with Gasteiger partial charge in [-0.1, -0.05) is 163 Å². The van der Waals surface area contributed by atoms with Crippen LogP contribution in [0.5, 0.6) is 0 Å². The van der Waals surface area contributed by atoms with Crippen LogP contribution in [-0.2, 0) is 6.42 Å². The zero-order valence-corrected chi connectivity index (χ0v) is 23.2. The van der Waals surface area contributed by atoms with Gasteiger partial charge in [-0.05, 0) is 30.7 Å². The molecule has 0 saturated carbocycles. The van der Waals surface area contributed by atoms with Gasteiger partial charge in [-0.15, -0.1) is 0 Å². The van der Waals surface area contributed by atoms with Crippen molar-refractivity contribution in [3.63, 3.8) is 0 Å². The van der Waals surface area contributed by atoms with Crippen molar-refractivity contribution < 1.29 is 0 Å². The average Bonchev–Trinajstić information content (AvgIpc) is 3.41. The second-order valence-corrected chi connectivity index (χ2v) is 10.9. The van der Waals surface area contributed by atoms with Crippen LogP contribution in [0.25, 0.3) is 0 Å². The Morgan fingerprint density at radius 3 is 1.54 bits per heavy atom. The molecule has 2 rings (SSSR count). The number of hydrogen-bond acceptors (Lipinski definition) is 2. The van der Waals surface area contributed by atoms with Crippen molar-refractivity contribution in [1.82, 2.24) is 0 Å². The molecule has 2 unspecified atom stereocenters. The van der Waals surface area contributed by atoms with Gasteiger partial charge in [0.1, 0.15) is 0 Å². The first-order valence-corrected chi connectivity index (χ1v) is 15.3. The maximum absolute atomic E-state index is 4.71. The Morgan fingerprint density at radius 1 is 0.571 bits per heavy atom. The van der Waals surface area contributed by atoms with Crippen LogP contribution in [0.2, 0.25) is 0 Å². The molecule has 1 aliphatic rings. The Kier molecular flexibility index (Phi) is 17.5. The lowest BCUT2D eigenvalue weighted by Gasteiger charge is -2.26. The molecule has 35 heavy (non-hydrogen) atoms. The van der Waals surface area contributed by atoms with E-state index in [2.05, 4.69) is 44.2 Å². The minimum Gasteiger partial charge on any atom is -0.0965 e. The first-order valence-electron chi connectivity index (χ1n) is 15.3. The third-order valence-corrected chi connectivity index (χ3v) is 7.77. The summed E-state index contributed by atoms with van der Waals surface area (Å²) in [4.78, 5) is 9.42. The molecule has 0 saturated heterocycles. The summed E-state index contributed by atoms with van der Waals surface area (Å²) in [6.07, 6.45) is 32.2. The molecule has 1 aromatic carbocycles. The van der Waals surface area contributed by atoms with Crippen LogP contribution in [-0.4, -0.2) is 12.4 Å². The van der Waals surface area contributed by atoms with Gasteiger partial charge in [0.15, 0.2) is 12.4 Å². The average molecular weight is 480 g/mol. The molecule has 1 aliphatic heterocycles. The van der Waals surface area contributed by atoms with Crippen molar-refractivity contribution in [2.45, 2.75) is 142 Å². The number of benzene rings is 1. The highest BCUT2D eigenvalue weighted by molar-refractivity contribution is 6.18. The van der Waals surface area contributed by atoms with Crippen molar-refractivity contribution in [2.24, 2.45) is 21.8 Å². The van der Waals surface area contributed by atoms with Crippen molar-refractivity contribution in [1.29, 1.82) is 0 Å². The zero-order valence-electron chi connectivity index (χ0n) is 23.2. The molecule has 196 valence electrons. The van der Waals surface area contributed by atoms with Crippen LogP contribution in [0, 0.1) is 18.0 Å². The standard InChI is InChI=1S/C33H55N2/c1-3-5-7-9-11-12-13-15-17-22-26-32(33-34-27-28-35-33)31(29-30-23-19-18-20-24-30)25-21-16-14-10-8-6-4-2/h18-20,23-24,27-28,31-32H,3-17,21-22,25-26,29H2,1-2H3/q+1. The smallest absolute Gasteiger partial charge is 0.0965 e. The van der Waals surface area contributed by atoms with Crippen LogP contribution in [0.15, 0.2) is 40.3 Å². The normalized spacial score (nSPS) is 14.6. The number of hydrogen-bond donors (Lipinski definition) is 0. The molecule has 2 nitrogen and oxygen atoms in total.